The van der Waals surface area contributed by atoms with Gasteiger partial charge in [-0.25, -0.2) is 4.98 Å². The third-order valence-electron chi connectivity index (χ3n) is 4.21. The number of imidazole rings is 1. The lowest BCUT2D eigenvalue weighted by Crippen LogP contribution is -2.07. The van der Waals surface area contributed by atoms with Gasteiger partial charge in [-0.15, -0.1) is 0 Å². The molecule has 28 heavy (non-hydrogen) atoms. The van der Waals surface area contributed by atoms with Crippen molar-refractivity contribution < 1.29 is 9.63 Å². The van der Waals surface area contributed by atoms with Crippen LogP contribution in [0.1, 0.15) is 35.7 Å². The van der Waals surface area contributed by atoms with E-state index in [0.717, 1.165) is 22.4 Å². The number of hydrogen-bond donors (Lipinski definition) is 1. The van der Waals surface area contributed by atoms with Crippen LogP contribution in [0.4, 0.5) is 0 Å². The van der Waals surface area contributed by atoms with E-state index >= 15 is 0 Å². The fraction of sp³-hybridized carbons (Fsp3) is 0.136. The van der Waals surface area contributed by atoms with E-state index in [-0.39, 0.29) is 0 Å². The number of pyridine rings is 1. The van der Waals surface area contributed by atoms with Crippen molar-refractivity contribution in [3.05, 3.63) is 89.9 Å². The Morgan fingerprint density at radius 2 is 1.75 bits per heavy atom. The molecule has 1 aromatic carbocycles. The third-order valence-corrected chi connectivity index (χ3v) is 4.21. The molecule has 1 atom stereocenters. The number of aromatic nitrogens is 4. The summed E-state index contributed by atoms with van der Waals surface area (Å²) < 4.78 is 7.33. The van der Waals surface area contributed by atoms with E-state index in [1.54, 1.807) is 25.5 Å². The molecule has 0 saturated carbocycles. The smallest absolute Gasteiger partial charge is 0.167 e. The molecule has 3 aromatic heterocycles. The first-order valence-corrected chi connectivity index (χ1v) is 8.86. The lowest BCUT2D eigenvalue weighted by Gasteiger charge is -2.07. The van der Waals surface area contributed by atoms with E-state index in [1.807, 2.05) is 53.2 Å². The van der Waals surface area contributed by atoms with Gasteiger partial charge in [-0.1, -0.05) is 17.0 Å². The van der Waals surface area contributed by atoms with Crippen LogP contribution in [-0.2, 0) is 6.54 Å². The van der Waals surface area contributed by atoms with E-state index < -0.39 is 6.10 Å². The number of aliphatic hydroxyl groups excluding tert-OH is 1. The van der Waals surface area contributed by atoms with Crippen LogP contribution in [0.25, 0.3) is 11.3 Å². The molecule has 6 nitrogen and oxygen atoms in total. The molecule has 138 valence electrons. The minimum absolute atomic E-state index is 0.485. The fourth-order valence-corrected chi connectivity index (χ4v) is 2.82. The van der Waals surface area contributed by atoms with Gasteiger partial charge in [0.2, 0.25) is 0 Å². The summed E-state index contributed by atoms with van der Waals surface area (Å²) in [7, 11) is 0. The highest BCUT2D eigenvalue weighted by atomic mass is 16.5. The second-order valence-corrected chi connectivity index (χ2v) is 6.34. The highest BCUT2D eigenvalue weighted by Gasteiger charge is 2.12. The Kier molecular flexibility index (Phi) is 5.00. The van der Waals surface area contributed by atoms with Gasteiger partial charge >= 0.3 is 0 Å². The van der Waals surface area contributed by atoms with Gasteiger partial charge in [-0.2, -0.15) is 0 Å². The van der Waals surface area contributed by atoms with Crippen molar-refractivity contribution >= 4 is 0 Å². The summed E-state index contributed by atoms with van der Waals surface area (Å²) in [5.41, 5.74) is 3.53. The van der Waals surface area contributed by atoms with Crippen molar-refractivity contribution in [1.29, 1.82) is 0 Å². The van der Waals surface area contributed by atoms with Crippen LogP contribution in [0, 0.1) is 11.8 Å². The standard InChI is InChI=1S/C22H18N4O2/c1-16(27)22-24-12-13-26(22)15-20-14-21(28-25-20)19-6-4-17(5-7-19)2-3-18-8-10-23-11-9-18/h4-14,16,27H,15H2,1H3/t16-/m0/s1. The Morgan fingerprint density at radius 3 is 2.46 bits per heavy atom. The van der Waals surface area contributed by atoms with E-state index in [2.05, 4.69) is 27.0 Å². The van der Waals surface area contributed by atoms with Crippen LogP contribution in [0.3, 0.4) is 0 Å². The Balaban J connectivity index is 1.48. The summed E-state index contributed by atoms with van der Waals surface area (Å²) in [5.74, 6) is 7.52. The summed E-state index contributed by atoms with van der Waals surface area (Å²) in [6.45, 7) is 2.17. The number of nitrogens with zero attached hydrogens (tertiary/aromatic N) is 4. The van der Waals surface area contributed by atoms with Crippen molar-refractivity contribution in [2.45, 2.75) is 19.6 Å². The summed E-state index contributed by atoms with van der Waals surface area (Å²) in [5, 5.41) is 13.9. The molecule has 4 rings (SSSR count). The van der Waals surface area contributed by atoms with Crippen LogP contribution >= 0.6 is 0 Å². The van der Waals surface area contributed by atoms with Crippen LogP contribution in [0.15, 0.2) is 71.8 Å². The molecule has 1 N–H and O–H groups in total. The minimum atomic E-state index is -0.637. The maximum atomic E-state index is 9.76. The summed E-state index contributed by atoms with van der Waals surface area (Å²) in [4.78, 5) is 8.15. The van der Waals surface area contributed by atoms with Crippen LogP contribution < -0.4 is 0 Å². The molecule has 0 aliphatic carbocycles. The predicted molar refractivity (Wildman–Crippen MR) is 104 cm³/mol. The molecule has 0 radical (unpaired) electrons. The van der Waals surface area contributed by atoms with Gasteiger partial charge in [0.15, 0.2) is 5.76 Å². The lowest BCUT2D eigenvalue weighted by atomic mass is 10.1. The van der Waals surface area contributed by atoms with Gasteiger partial charge in [0, 0.05) is 47.5 Å². The van der Waals surface area contributed by atoms with E-state index in [0.29, 0.717) is 18.1 Å². The number of benzene rings is 1. The molecule has 0 unspecified atom stereocenters. The molecular weight excluding hydrogens is 352 g/mol. The van der Waals surface area contributed by atoms with Gasteiger partial charge in [0.1, 0.15) is 17.6 Å². The summed E-state index contributed by atoms with van der Waals surface area (Å²) in [6.07, 6.45) is 6.29. The third kappa shape index (κ3) is 4.00. The van der Waals surface area contributed by atoms with Crippen LogP contribution in [-0.4, -0.2) is 24.8 Å². The molecule has 6 heteroatoms. The van der Waals surface area contributed by atoms with Crippen molar-refractivity contribution in [2.24, 2.45) is 0 Å². The van der Waals surface area contributed by atoms with Crippen molar-refractivity contribution in [1.82, 2.24) is 19.7 Å². The lowest BCUT2D eigenvalue weighted by molar-refractivity contribution is 0.184. The minimum Gasteiger partial charge on any atom is -0.385 e. The zero-order chi connectivity index (χ0) is 19.3. The Morgan fingerprint density at radius 1 is 1.04 bits per heavy atom. The van der Waals surface area contributed by atoms with E-state index in [4.69, 9.17) is 4.52 Å². The first-order chi connectivity index (χ1) is 13.7. The Bertz CT molecular complexity index is 1120. The van der Waals surface area contributed by atoms with Crippen LogP contribution in [0.2, 0.25) is 0 Å². The van der Waals surface area contributed by atoms with Crippen LogP contribution in [0.5, 0.6) is 0 Å². The topological polar surface area (TPSA) is 77.0 Å². The van der Waals surface area contributed by atoms with Gasteiger partial charge in [0.05, 0.1) is 6.54 Å². The normalized spacial score (nSPS) is 11.6. The monoisotopic (exact) mass is 370 g/mol. The van der Waals surface area contributed by atoms with Crippen molar-refractivity contribution in [3.63, 3.8) is 0 Å². The first kappa shape index (κ1) is 17.7. The quantitative estimate of drug-likeness (QED) is 0.557. The van der Waals surface area contributed by atoms with E-state index in [1.165, 1.54) is 0 Å². The fourth-order valence-electron chi connectivity index (χ4n) is 2.82. The highest BCUT2D eigenvalue weighted by Crippen LogP contribution is 2.22. The molecule has 0 aliphatic heterocycles. The molecular formula is C22H18N4O2. The largest absolute Gasteiger partial charge is 0.385 e. The molecule has 3 heterocycles. The SMILES string of the molecule is C[C@H](O)c1nccn1Cc1cc(-c2ccc(C#Cc3ccncc3)cc2)on1. The molecule has 0 fully saturated rings. The van der Waals surface area contributed by atoms with Gasteiger partial charge in [-0.05, 0) is 43.3 Å². The number of hydrogen-bond acceptors (Lipinski definition) is 5. The second-order valence-electron chi connectivity index (χ2n) is 6.34. The summed E-state index contributed by atoms with van der Waals surface area (Å²) >= 11 is 0. The Labute approximate surface area is 162 Å². The Hall–Kier alpha value is -3.69. The van der Waals surface area contributed by atoms with E-state index in [9.17, 15) is 5.11 Å². The molecule has 0 bridgehead atoms. The highest BCUT2D eigenvalue weighted by molar-refractivity contribution is 5.59. The molecule has 0 spiro atoms. The average Bonchev–Trinajstić information content (AvgIpc) is 3.38. The maximum absolute atomic E-state index is 9.76. The van der Waals surface area contributed by atoms with Gasteiger partial charge < -0.3 is 14.2 Å². The van der Waals surface area contributed by atoms with Crippen molar-refractivity contribution in [2.75, 3.05) is 0 Å². The van der Waals surface area contributed by atoms with Crippen molar-refractivity contribution in [3.8, 4) is 23.2 Å². The van der Waals surface area contributed by atoms with Gasteiger partial charge in [-0.3, -0.25) is 4.98 Å². The first-order valence-electron chi connectivity index (χ1n) is 8.86. The molecule has 0 aliphatic rings. The average molecular weight is 370 g/mol. The predicted octanol–water partition coefficient (Wildman–Crippen LogP) is 3.43. The maximum Gasteiger partial charge on any atom is 0.167 e. The zero-order valence-electron chi connectivity index (χ0n) is 15.3. The molecule has 0 saturated heterocycles. The second kappa shape index (κ2) is 7.91. The molecule has 0 amide bonds. The number of rotatable bonds is 4. The number of aliphatic hydroxyl groups is 1. The molecule has 4 aromatic rings. The zero-order valence-corrected chi connectivity index (χ0v) is 15.3. The van der Waals surface area contributed by atoms with Gasteiger partial charge in [0.25, 0.3) is 0 Å². The summed E-state index contributed by atoms with van der Waals surface area (Å²) in [6, 6.07) is 13.5.